The number of halogens is 8. The maximum absolute atomic E-state index is 14.6. The molecule has 0 nitrogen and oxygen atoms in total. The van der Waals surface area contributed by atoms with Crippen LogP contribution in [0.25, 0.3) is 20.9 Å². The van der Waals surface area contributed by atoms with Gasteiger partial charge in [-0.2, -0.15) is 26.3 Å². The van der Waals surface area contributed by atoms with Crippen molar-refractivity contribution in [1.82, 2.24) is 0 Å². The van der Waals surface area contributed by atoms with Crippen LogP contribution in [0.3, 0.4) is 0 Å². The van der Waals surface area contributed by atoms with Crippen LogP contribution >= 0.6 is 34.5 Å². The second-order valence-corrected chi connectivity index (χ2v) is 8.14. The number of benzene rings is 2. The molecule has 1 aromatic heterocycles. The van der Waals surface area contributed by atoms with Gasteiger partial charge in [-0.15, -0.1) is 11.3 Å². The van der Waals surface area contributed by atoms with Crippen molar-refractivity contribution < 1.29 is 26.3 Å². The first-order valence-corrected chi connectivity index (χ1v) is 9.39. The van der Waals surface area contributed by atoms with Crippen molar-refractivity contribution in [2.45, 2.75) is 17.8 Å². The summed E-state index contributed by atoms with van der Waals surface area (Å²) in [5, 5.41) is 0.578. The Morgan fingerprint density at radius 3 is 1.21 bits per heavy atom. The van der Waals surface area contributed by atoms with Crippen LogP contribution in [0.1, 0.15) is 11.1 Å². The van der Waals surface area contributed by atoms with E-state index in [0.29, 0.717) is 11.3 Å². The lowest BCUT2D eigenvalue weighted by Crippen LogP contribution is -2.43. The van der Waals surface area contributed by atoms with E-state index < -0.39 is 28.9 Å². The molecule has 2 aromatic carbocycles. The average molecular weight is 453 g/mol. The molecule has 0 unspecified atom stereocenters. The quantitative estimate of drug-likeness (QED) is 0.343. The summed E-state index contributed by atoms with van der Waals surface area (Å²) in [5.74, 6) is -15.6. The van der Waals surface area contributed by atoms with Crippen molar-refractivity contribution in [1.29, 1.82) is 0 Å². The standard InChI is InChI=1S/C19H8Cl2F6S/c20-11-5-1-9(2-6-11)15-13-14(18(24,25)19(26,27)17(13,22)23)16(28-15)10-3-7-12(21)8-4-10/h1-8H. The average Bonchev–Trinajstić information content (AvgIpc) is 3.08. The van der Waals surface area contributed by atoms with E-state index in [0.717, 1.165) is 0 Å². The van der Waals surface area contributed by atoms with Gasteiger partial charge in [-0.3, -0.25) is 0 Å². The van der Waals surface area contributed by atoms with Gasteiger partial charge in [-0.1, -0.05) is 47.5 Å². The highest BCUT2D eigenvalue weighted by Crippen LogP contribution is 2.68. The second kappa shape index (κ2) is 6.15. The maximum Gasteiger partial charge on any atom is 0.380 e. The van der Waals surface area contributed by atoms with Gasteiger partial charge in [0, 0.05) is 19.8 Å². The van der Waals surface area contributed by atoms with Crippen molar-refractivity contribution in [3.63, 3.8) is 0 Å². The number of hydrogen-bond acceptors (Lipinski definition) is 1. The van der Waals surface area contributed by atoms with Crippen LogP contribution in [0.15, 0.2) is 48.5 Å². The zero-order chi connectivity index (χ0) is 20.5. The summed E-state index contributed by atoms with van der Waals surface area (Å²) in [6, 6.07) is 10.8. The summed E-state index contributed by atoms with van der Waals surface area (Å²) in [4.78, 5) is -0.697. The van der Waals surface area contributed by atoms with E-state index in [4.69, 9.17) is 23.2 Å². The first kappa shape index (κ1) is 19.6. The minimum atomic E-state index is -5.55. The van der Waals surface area contributed by atoms with Gasteiger partial charge < -0.3 is 0 Å². The summed E-state index contributed by atoms with van der Waals surface area (Å²) < 4.78 is 86.5. The molecule has 0 fully saturated rings. The van der Waals surface area contributed by atoms with E-state index in [1.54, 1.807) is 0 Å². The van der Waals surface area contributed by atoms with Crippen LogP contribution < -0.4 is 0 Å². The lowest BCUT2D eigenvalue weighted by molar-refractivity contribution is -0.302. The van der Waals surface area contributed by atoms with E-state index in [-0.39, 0.29) is 30.9 Å². The third kappa shape index (κ3) is 2.52. The third-order valence-corrected chi connectivity index (χ3v) is 6.33. The highest BCUT2D eigenvalue weighted by molar-refractivity contribution is 7.19. The molecule has 0 amide bonds. The van der Waals surface area contributed by atoms with E-state index in [1.807, 2.05) is 0 Å². The largest absolute Gasteiger partial charge is 0.380 e. The van der Waals surface area contributed by atoms with Gasteiger partial charge in [0.15, 0.2) is 0 Å². The Hall–Kier alpha value is -1.70. The molecule has 0 bridgehead atoms. The molecule has 1 aliphatic carbocycles. The molecule has 1 heterocycles. The molecule has 4 rings (SSSR count). The van der Waals surface area contributed by atoms with Gasteiger partial charge in [0.25, 0.3) is 0 Å². The van der Waals surface area contributed by atoms with Crippen LogP contribution in [0.5, 0.6) is 0 Å². The number of hydrogen-bond donors (Lipinski definition) is 0. The van der Waals surface area contributed by atoms with Crippen molar-refractivity contribution in [3.8, 4) is 20.9 Å². The fraction of sp³-hybridized carbons (Fsp3) is 0.158. The lowest BCUT2D eigenvalue weighted by atomic mass is 10.0. The van der Waals surface area contributed by atoms with E-state index in [2.05, 4.69) is 0 Å². The summed E-state index contributed by atoms with van der Waals surface area (Å²) in [5.41, 5.74) is -2.50. The van der Waals surface area contributed by atoms with Crippen molar-refractivity contribution in [3.05, 3.63) is 69.7 Å². The Morgan fingerprint density at radius 1 is 0.571 bits per heavy atom. The SMILES string of the molecule is FC1(F)c2c(-c3ccc(Cl)cc3)sc(-c3ccc(Cl)cc3)c2C(F)(F)C1(F)F. The molecule has 0 saturated heterocycles. The van der Waals surface area contributed by atoms with E-state index in [9.17, 15) is 26.3 Å². The first-order valence-electron chi connectivity index (χ1n) is 7.81. The molecular formula is C19H8Cl2F6S. The number of fused-ring (bicyclic) bond motifs is 1. The molecule has 3 aromatic rings. The van der Waals surface area contributed by atoms with Crippen LogP contribution in [0.4, 0.5) is 26.3 Å². The van der Waals surface area contributed by atoms with Crippen molar-refractivity contribution in [2.75, 3.05) is 0 Å². The molecule has 1 aliphatic rings. The summed E-state index contributed by atoms with van der Waals surface area (Å²) in [6.45, 7) is 0. The van der Waals surface area contributed by atoms with Gasteiger partial charge in [-0.05, 0) is 35.4 Å². The van der Waals surface area contributed by atoms with E-state index in [1.165, 1.54) is 48.5 Å². The summed E-state index contributed by atoms with van der Waals surface area (Å²) in [7, 11) is 0. The molecule has 0 atom stereocenters. The predicted octanol–water partition coefficient (Wildman–Crippen LogP) is 8.22. The van der Waals surface area contributed by atoms with Gasteiger partial charge in [0.2, 0.25) is 0 Å². The second-order valence-electron chi connectivity index (χ2n) is 6.25. The van der Waals surface area contributed by atoms with Gasteiger partial charge in [0.05, 0.1) is 11.1 Å². The van der Waals surface area contributed by atoms with Crippen LogP contribution in [0, 0.1) is 0 Å². The Morgan fingerprint density at radius 2 is 0.893 bits per heavy atom. The molecule has 28 heavy (non-hydrogen) atoms. The Bertz CT molecular complexity index is 973. The van der Waals surface area contributed by atoms with Gasteiger partial charge in [-0.25, -0.2) is 0 Å². The van der Waals surface area contributed by atoms with Crippen molar-refractivity contribution in [2.24, 2.45) is 0 Å². The Balaban J connectivity index is 2.07. The first-order chi connectivity index (χ1) is 13.0. The summed E-state index contributed by atoms with van der Waals surface area (Å²) >= 11 is 12.2. The molecular weight excluding hydrogens is 445 g/mol. The van der Waals surface area contributed by atoms with Gasteiger partial charge >= 0.3 is 17.8 Å². The zero-order valence-electron chi connectivity index (χ0n) is 13.6. The minimum absolute atomic E-state index is 0.0963. The molecule has 0 aliphatic heterocycles. The normalized spacial score (nSPS) is 18.9. The molecule has 9 heteroatoms. The predicted molar refractivity (Wildman–Crippen MR) is 97.9 cm³/mol. The van der Waals surface area contributed by atoms with Gasteiger partial charge in [0.1, 0.15) is 0 Å². The highest BCUT2D eigenvalue weighted by atomic mass is 35.5. The van der Waals surface area contributed by atoms with Crippen LogP contribution in [-0.2, 0) is 11.8 Å². The lowest BCUT2D eigenvalue weighted by Gasteiger charge is -2.25. The third-order valence-electron chi connectivity index (χ3n) is 4.54. The molecule has 0 N–H and O–H groups in total. The minimum Gasteiger partial charge on any atom is -0.194 e. The van der Waals surface area contributed by atoms with Crippen molar-refractivity contribution >= 4 is 34.5 Å². The van der Waals surface area contributed by atoms with Crippen LogP contribution in [-0.4, -0.2) is 5.92 Å². The fourth-order valence-electron chi connectivity index (χ4n) is 3.15. The highest BCUT2D eigenvalue weighted by Gasteiger charge is 2.80. The van der Waals surface area contributed by atoms with Crippen LogP contribution in [0.2, 0.25) is 10.0 Å². The molecule has 0 saturated carbocycles. The zero-order valence-corrected chi connectivity index (χ0v) is 15.9. The number of thiophene rings is 1. The fourth-order valence-corrected chi connectivity index (χ4v) is 4.78. The molecule has 146 valence electrons. The topological polar surface area (TPSA) is 0 Å². The Labute approximate surface area is 169 Å². The maximum atomic E-state index is 14.6. The number of rotatable bonds is 2. The smallest absolute Gasteiger partial charge is 0.194 e. The number of alkyl halides is 6. The Kier molecular flexibility index (Phi) is 4.30. The summed E-state index contributed by atoms with van der Waals surface area (Å²) in [6.07, 6.45) is 0. The monoisotopic (exact) mass is 452 g/mol. The van der Waals surface area contributed by atoms with E-state index >= 15 is 0 Å². The molecule has 0 radical (unpaired) electrons. The molecule has 0 spiro atoms.